The Morgan fingerprint density at radius 1 is 1.22 bits per heavy atom. The maximum Gasteiger partial charge on any atom is 0.241 e. The number of ether oxygens (including phenoxy) is 1. The highest BCUT2D eigenvalue weighted by molar-refractivity contribution is 7.89. The van der Waals surface area contributed by atoms with Gasteiger partial charge in [0.15, 0.2) is 0 Å². The number of sulfonamides is 1. The van der Waals surface area contributed by atoms with Crippen molar-refractivity contribution in [3.8, 4) is 0 Å². The van der Waals surface area contributed by atoms with Gasteiger partial charge in [-0.15, -0.1) is 0 Å². The van der Waals surface area contributed by atoms with Gasteiger partial charge in [0.05, 0.1) is 13.2 Å². The molecule has 2 aromatic rings. The molecule has 0 saturated carbocycles. The number of nitrogens with zero attached hydrogens (tertiary/aromatic N) is 2. The van der Waals surface area contributed by atoms with Crippen LogP contribution < -0.4 is 10.0 Å². The van der Waals surface area contributed by atoms with Crippen molar-refractivity contribution < 1.29 is 13.2 Å². The van der Waals surface area contributed by atoms with Crippen molar-refractivity contribution in [2.45, 2.75) is 17.4 Å². The highest BCUT2D eigenvalue weighted by Gasteiger charge is 2.35. The molecule has 0 amide bonds. The quantitative estimate of drug-likeness (QED) is 0.919. The molecule has 2 N–H and O–H groups in total. The molecule has 1 atom stereocenters. The SMILES string of the molecule is CC1(c2ccccc2)CN(c2ncccc2S(N)(=O)=O)CCO1. The van der Waals surface area contributed by atoms with Crippen LogP contribution in [0.15, 0.2) is 53.6 Å². The van der Waals surface area contributed by atoms with E-state index in [-0.39, 0.29) is 4.90 Å². The Bertz CT molecular complexity index is 795. The lowest BCUT2D eigenvalue weighted by Crippen LogP contribution is -2.49. The topological polar surface area (TPSA) is 85.5 Å². The predicted molar refractivity (Wildman–Crippen MR) is 87.6 cm³/mol. The summed E-state index contributed by atoms with van der Waals surface area (Å²) in [5, 5.41) is 5.32. The molecule has 1 unspecified atom stereocenters. The van der Waals surface area contributed by atoms with E-state index in [2.05, 4.69) is 4.98 Å². The Morgan fingerprint density at radius 3 is 2.65 bits per heavy atom. The van der Waals surface area contributed by atoms with Crippen LogP contribution in [0.5, 0.6) is 0 Å². The molecule has 7 heteroatoms. The smallest absolute Gasteiger partial charge is 0.241 e. The van der Waals surface area contributed by atoms with Crippen molar-refractivity contribution in [1.29, 1.82) is 0 Å². The van der Waals surface area contributed by atoms with Crippen LogP contribution in [0.3, 0.4) is 0 Å². The van der Waals surface area contributed by atoms with Crippen molar-refractivity contribution >= 4 is 15.8 Å². The Hall–Kier alpha value is -1.96. The van der Waals surface area contributed by atoms with Crippen molar-refractivity contribution in [2.75, 3.05) is 24.6 Å². The van der Waals surface area contributed by atoms with Gasteiger partial charge in [0, 0.05) is 12.7 Å². The molecular weight excluding hydrogens is 314 g/mol. The van der Waals surface area contributed by atoms with E-state index >= 15 is 0 Å². The van der Waals surface area contributed by atoms with Gasteiger partial charge < -0.3 is 9.64 Å². The van der Waals surface area contributed by atoms with Crippen LogP contribution >= 0.6 is 0 Å². The lowest BCUT2D eigenvalue weighted by molar-refractivity contribution is -0.0469. The molecule has 23 heavy (non-hydrogen) atoms. The number of hydrogen-bond donors (Lipinski definition) is 1. The number of pyridine rings is 1. The van der Waals surface area contributed by atoms with Crippen molar-refractivity contribution in [3.63, 3.8) is 0 Å². The number of rotatable bonds is 3. The third-order valence-electron chi connectivity index (χ3n) is 4.02. The molecule has 0 radical (unpaired) electrons. The molecule has 1 aromatic heterocycles. The largest absolute Gasteiger partial charge is 0.367 e. The second-order valence-electron chi connectivity index (χ2n) is 5.74. The van der Waals surface area contributed by atoms with E-state index in [1.54, 1.807) is 12.3 Å². The first-order valence-electron chi connectivity index (χ1n) is 7.32. The van der Waals surface area contributed by atoms with Crippen LogP contribution in [0.2, 0.25) is 0 Å². The van der Waals surface area contributed by atoms with Crippen LogP contribution in [0.1, 0.15) is 12.5 Å². The van der Waals surface area contributed by atoms with Gasteiger partial charge in [0.1, 0.15) is 16.3 Å². The number of hydrogen-bond acceptors (Lipinski definition) is 5. The van der Waals surface area contributed by atoms with E-state index < -0.39 is 15.6 Å². The summed E-state index contributed by atoms with van der Waals surface area (Å²) in [5.41, 5.74) is 0.505. The zero-order valence-electron chi connectivity index (χ0n) is 12.8. The zero-order chi connectivity index (χ0) is 16.5. The standard InChI is InChI=1S/C16H19N3O3S/c1-16(13-6-3-2-4-7-13)12-19(10-11-22-16)15-14(23(17,20)21)8-5-9-18-15/h2-9H,10-12H2,1H3,(H2,17,20,21). The minimum absolute atomic E-state index is 0.0392. The van der Waals surface area contributed by atoms with E-state index in [9.17, 15) is 8.42 Å². The summed E-state index contributed by atoms with van der Waals surface area (Å²) in [5.74, 6) is 0.375. The fourth-order valence-corrected chi connectivity index (χ4v) is 3.56. The van der Waals surface area contributed by atoms with E-state index in [1.807, 2.05) is 42.2 Å². The second-order valence-corrected chi connectivity index (χ2v) is 7.27. The van der Waals surface area contributed by atoms with Gasteiger partial charge in [0.2, 0.25) is 10.0 Å². The molecule has 1 aliphatic heterocycles. The van der Waals surface area contributed by atoms with Gasteiger partial charge in [-0.25, -0.2) is 18.5 Å². The molecule has 0 spiro atoms. The number of benzene rings is 1. The van der Waals surface area contributed by atoms with Crippen LogP contribution in [0, 0.1) is 0 Å². The first kappa shape index (κ1) is 15.9. The molecule has 1 fully saturated rings. The Labute approximate surface area is 136 Å². The van der Waals surface area contributed by atoms with E-state index in [0.717, 1.165) is 5.56 Å². The first-order valence-corrected chi connectivity index (χ1v) is 8.87. The lowest BCUT2D eigenvalue weighted by Gasteiger charge is -2.41. The van der Waals surface area contributed by atoms with Gasteiger partial charge in [-0.2, -0.15) is 0 Å². The van der Waals surface area contributed by atoms with E-state index in [4.69, 9.17) is 9.88 Å². The summed E-state index contributed by atoms with van der Waals surface area (Å²) < 4.78 is 29.6. The van der Waals surface area contributed by atoms with Crippen molar-refractivity contribution in [1.82, 2.24) is 4.98 Å². The Kier molecular flexibility index (Phi) is 4.09. The van der Waals surface area contributed by atoms with E-state index in [0.29, 0.717) is 25.5 Å². The molecule has 1 aromatic carbocycles. The van der Waals surface area contributed by atoms with Crippen LogP contribution in [-0.2, 0) is 20.4 Å². The second kappa shape index (κ2) is 5.92. The number of aromatic nitrogens is 1. The molecule has 3 rings (SSSR count). The number of nitrogens with two attached hydrogens (primary N) is 1. The molecule has 1 saturated heterocycles. The van der Waals surface area contributed by atoms with Gasteiger partial charge in [-0.1, -0.05) is 30.3 Å². The van der Waals surface area contributed by atoms with Crippen LogP contribution in [-0.4, -0.2) is 33.1 Å². The maximum absolute atomic E-state index is 11.8. The van der Waals surface area contributed by atoms with Gasteiger partial charge in [-0.3, -0.25) is 0 Å². The average molecular weight is 333 g/mol. The Balaban J connectivity index is 1.97. The average Bonchev–Trinajstić information content (AvgIpc) is 2.55. The minimum Gasteiger partial charge on any atom is -0.367 e. The summed E-state index contributed by atoms with van der Waals surface area (Å²) in [7, 11) is -3.83. The molecule has 6 nitrogen and oxygen atoms in total. The fraction of sp³-hybridized carbons (Fsp3) is 0.312. The summed E-state index contributed by atoms with van der Waals surface area (Å²) in [6.07, 6.45) is 1.57. The van der Waals surface area contributed by atoms with Gasteiger partial charge in [-0.05, 0) is 24.6 Å². The van der Waals surface area contributed by atoms with E-state index in [1.165, 1.54) is 6.07 Å². The summed E-state index contributed by atoms with van der Waals surface area (Å²) >= 11 is 0. The van der Waals surface area contributed by atoms with Crippen LogP contribution in [0.4, 0.5) is 5.82 Å². The first-order chi connectivity index (χ1) is 10.9. The Morgan fingerprint density at radius 2 is 1.96 bits per heavy atom. The van der Waals surface area contributed by atoms with Crippen LogP contribution in [0.25, 0.3) is 0 Å². The van der Waals surface area contributed by atoms with Crippen molar-refractivity contribution in [2.24, 2.45) is 5.14 Å². The summed E-state index contributed by atoms with van der Waals surface area (Å²) in [4.78, 5) is 6.19. The zero-order valence-corrected chi connectivity index (χ0v) is 13.7. The minimum atomic E-state index is -3.83. The number of primary sulfonamides is 1. The maximum atomic E-state index is 11.8. The monoisotopic (exact) mass is 333 g/mol. The van der Waals surface area contributed by atoms with Crippen molar-refractivity contribution in [3.05, 3.63) is 54.2 Å². The molecule has 0 bridgehead atoms. The normalized spacial score (nSPS) is 22.1. The molecular formula is C16H19N3O3S. The molecule has 1 aliphatic rings. The van der Waals surface area contributed by atoms with Gasteiger partial charge >= 0.3 is 0 Å². The highest BCUT2D eigenvalue weighted by Crippen LogP contribution is 2.32. The number of morpholine rings is 1. The third-order valence-corrected chi connectivity index (χ3v) is 4.95. The molecule has 122 valence electrons. The lowest BCUT2D eigenvalue weighted by atomic mass is 9.94. The summed E-state index contributed by atoms with van der Waals surface area (Å²) in [6.45, 7) is 3.53. The van der Waals surface area contributed by atoms with Gasteiger partial charge in [0.25, 0.3) is 0 Å². The summed E-state index contributed by atoms with van der Waals surface area (Å²) in [6, 6.07) is 12.9. The number of anilines is 1. The molecule has 0 aliphatic carbocycles. The molecule has 2 heterocycles. The fourth-order valence-electron chi connectivity index (χ4n) is 2.86. The predicted octanol–water partition coefficient (Wildman–Crippen LogP) is 1.48. The third kappa shape index (κ3) is 3.21. The highest BCUT2D eigenvalue weighted by atomic mass is 32.2.